The number of hydrogen-bond acceptors (Lipinski definition) is 4. The van der Waals surface area contributed by atoms with Gasteiger partial charge in [-0.3, -0.25) is 0 Å². The molecule has 1 aromatic rings. The molecular weight excluding hydrogens is 264 g/mol. The predicted octanol–water partition coefficient (Wildman–Crippen LogP) is 1.86. The molecule has 0 saturated carbocycles. The van der Waals surface area contributed by atoms with Crippen molar-refractivity contribution in [1.29, 1.82) is 0 Å². The Labute approximate surface area is 127 Å². The van der Waals surface area contributed by atoms with Gasteiger partial charge in [0.1, 0.15) is 0 Å². The number of nitrogens with zero attached hydrogens (tertiary/aromatic N) is 1. The van der Waals surface area contributed by atoms with E-state index in [0.29, 0.717) is 19.8 Å². The maximum Gasteiger partial charge on any atom is 0.0817 e. The molecule has 0 aliphatic carbocycles. The zero-order valence-corrected chi connectivity index (χ0v) is 13.2. The van der Waals surface area contributed by atoms with Crippen LogP contribution in [0.25, 0.3) is 0 Å². The van der Waals surface area contributed by atoms with Crippen LogP contribution in [0.2, 0.25) is 0 Å². The van der Waals surface area contributed by atoms with Gasteiger partial charge in [0.2, 0.25) is 0 Å². The molecule has 1 aliphatic heterocycles. The molecule has 1 heterocycles. The Morgan fingerprint density at radius 2 is 1.90 bits per heavy atom. The average molecular weight is 292 g/mol. The first-order valence-corrected chi connectivity index (χ1v) is 7.79. The summed E-state index contributed by atoms with van der Waals surface area (Å²) >= 11 is 0. The molecule has 2 rings (SSSR count). The van der Waals surface area contributed by atoms with E-state index in [4.69, 9.17) is 10.5 Å². The molecule has 0 bridgehead atoms. The summed E-state index contributed by atoms with van der Waals surface area (Å²) in [5.74, 6) is 0. The summed E-state index contributed by atoms with van der Waals surface area (Å²) < 4.78 is 5.31. The van der Waals surface area contributed by atoms with Gasteiger partial charge in [-0.15, -0.1) is 0 Å². The Hall–Kier alpha value is -0.940. The number of likely N-dealkylation sites (N-methyl/N-ethyl adjacent to an activating group) is 1. The predicted molar refractivity (Wildman–Crippen MR) is 85.2 cm³/mol. The van der Waals surface area contributed by atoms with Gasteiger partial charge in [-0.2, -0.15) is 0 Å². The quantitative estimate of drug-likeness (QED) is 0.840. The molecule has 21 heavy (non-hydrogen) atoms. The van der Waals surface area contributed by atoms with Crippen LogP contribution in [-0.2, 0) is 4.74 Å². The molecule has 1 fully saturated rings. The summed E-state index contributed by atoms with van der Waals surface area (Å²) in [6, 6.07) is 8.46. The number of ether oxygens (including phenoxy) is 1. The first kappa shape index (κ1) is 16.4. The lowest BCUT2D eigenvalue weighted by Crippen LogP contribution is -2.46. The highest BCUT2D eigenvalue weighted by molar-refractivity contribution is 5.23. The summed E-state index contributed by atoms with van der Waals surface area (Å²) in [6.45, 7) is 4.98. The topological polar surface area (TPSA) is 58.7 Å². The van der Waals surface area contributed by atoms with Crippen LogP contribution in [0.4, 0.5) is 0 Å². The van der Waals surface area contributed by atoms with Gasteiger partial charge < -0.3 is 20.5 Å². The van der Waals surface area contributed by atoms with E-state index in [1.54, 1.807) is 0 Å². The molecule has 0 aromatic heterocycles. The SMILES string of the molecule is Cc1ccc(C(N)CCN(C)CC2(O)CCOCC2)cc1. The fraction of sp³-hybridized carbons (Fsp3) is 0.647. The van der Waals surface area contributed by atoms with Gasteiger partial charge in [-0.1, -0.05) is 29.8 Å². The third kappa shape index (κ3) is 5.08. The largest absolute Gasteiger partial charge is 0.388 e. The minimum Gasteiger partial charge on any atom is -0.388 e. The summed E-state index contributed by atoms with van der Waals surface area (Å²) in [4.78, 5) is 2.18. The fourth-order valence-corrected chi connectivity index (χ4v) is 2.83. The molecule has 1 aliphatic rings. The van der Waals surface area contributed by atoms with Gasteiger partial charge in [0.15, 0.2) is 0 Å². The van der Waals surface area contributed by atoms with Crippen molar-refractivity contribution in [3.8, 4) is 0 Å². The first-order valence-electron chi connectivity index (χ1n) is 7.79. The smallest absolute Gasteiger partial charge is 0.0817 e. The lowest BCUT2D eigenvalue weighted by atomic mass is 9.93. The Morgan fingerprint density at radius 3 is 2.52 bits per heavy atom. The molecule has 1 saturated heterocycles. The van der Waals surface area contributed by atoms with E-state index in [9.17, 15) is 5.11 Å². The third-order valence-corrected chi connectivity index (χ3v) is 4.32. The Morgan fingerprint density at radius 1 is 1.29 bits per heavy atom. The van der Waals surface area contributed by atoms with Crippen LogP contribution in [-0.4, -0.2) is 49.0 Å². The van der Waals surface area contributed by atoms with Crippen LogP contribution >= 0.6 is 0 Å². The zero-order valence-electron chi connectivity index (χ0n) is 13.2. The average Bonchev–Trinajstić information content (AvgIpc) is 2.46. The first-order chi connectivity index (χ1) is 9.98. The van der Waals surface area contributed by atoms with Gasteiger partial charge >= 0.3 is 0 Å². The second-order valence-corrected chi connectivity index (χ2v) is 6.38. The molecular formula is C17H28N2O2. The van der Waals surface area contributed by atoms with Gasteiger partial charge in [-0.25, -0.2) is 0 Å². The molecule has 1 atom stereocenters. The Bertz CT molecular complexity index is 427. The zero-order chi connectivity index (χ0) is 15.3. The Balaban J connectivity index is 1.77. The summed E-state index contributed by atoms with van der Waals surface area (Å²) in [5.41, 5.74) is 8.09. The highest BCUT2D eigenvalue weighted by Gasteiger charge is 2.30. The highest BCUT2D eigenvalue weighted by atomic mass is 16.5. The van der Waals surface area contributed by atoms with Crippen molar-refractivity contribution < 1.29 is 9.84 Å². The number of rotatable bonds is 6. The standard InChI is InChI=1S/C17H28N2O2/c1-14-3-5-15(6-4-14)16(18)7-10-19(2)13-17(20)8-11-21-12-9-17/h3-6,16,20H,7-13,18H2,1-2H3. The van der Waals surface area contributed by atoms with Crippen LogP contribution in [0.1, 0.15) is 36.4 Å². The molecule has 1 unspecified atom stereocenters. The highest BCUT2D eigenvalue weighted by Crippen LogP contribution is 2.22. The lowest BCUT2D eigenvalue weighted by molar-refractivity contribution is -0.0770. The lowest BCUT2D eigenvalue weighted by Gasteiger charge is -2.35. The number of nitrogens with two attached hydrogens (primary N) is 1. The third-order valence-electron chi connectivity index (χ3n) is 4.32. The number of hydrogen-bond donors (Lipinski definition) is 2. The fourth-order valence-electron chi connectivity index (χ4n) is 2.83. The van der Waals surface area contributed by atoms with E-state index < -0.39 is 5.60 Å². The van der Waals surface area contributed by atoms with Crippen molar-refractivity contribution in [3.05, 3.63) is 35.4 Å². The van der Waals surface area contributed by atoms with Gasteiger partial charge in [0, 0.05) is 38.6 Å². The summed E-state index contributed by atoms with van der Waals surface area (Å²) in [6.07, 6.45) is 2.34. The number of benzene rings is 1. The molecule has 0 radical (unpaired) electrons. The van der Waals surface area contributed by atoms with Crippen LogP contribution in [0, 0.1) is 6.92 Å². The molecule has 1 aromatic carbocycles. The minimum absolute atomic E-state index is 0.0531. The van der Waals surface area contributed by atoms with Gasteiger partial charge in [-0.05, 0) is 32.5 Å². The molecule has 0 amide bonds. The van der Waals surface area contributed by atoms with Crippen LogP contribution in [0.15, 0.2) is 24.3 Å². The van der Waals surface area contributed by atoms with E-state index in [-0.39, 0.29) is 6.04 Å². The Kier molecular flexibility index (Phi) is 5.76. The summed E-state index contributed by atoms with van der Waals surface area (Å²) in [7, 11) is 2.05. The molecule has 4 nitrogen and oxygen atoms in total. The maximum atomic E-state index is 10.5. The van der Waals surface area contributed by atoms with Crippen molar-refractivity contribution in [2.24, 2.45) is 5.73 Å². The van der Waals surface area contributed by atoms with Crippen molar-refractivity contribution in [2.75, 3.05) is 33.4 Å². The normalized spacial score (nSPS) is 19.7. The second-order valence-electron chi connectivity index (χ2n) is 6.38. The van der Waals surface area contributed by atoms with Crippen molar-refractivity contribution in [2.45, 2.75) is 37.8 Å². The molecule has 4 heteroatoms. The number of aryl methyl sites for hydroxylation is 1. The monoisotopic (exact) mass is 292 g/mol. The maximum absolute atomic E-state index is 10.5. The van der Waals surface area contributed by atoms with E-state index >= 15 is 0 Å². The van der Waals surface area contributed by atoms with E-state index in [1.165, 1.54) is 11.1 Å². The van der Waals surface area contributed by atoms with Crippen LogP contribution in [0.5, 0.6) is 0 Å². The molecule has 0 spiro atoms. The van der Waals surface area contributed by atoms with Crippen molar-refractivity contribution in [1.82, 2.24) is 4.90 Å². The van der Waals surface area contributed by atoms with Gasteiger partial charge in [0.25, 0.3) is 0 Å². The second kappa shape index (κ2) is 7.36. The van der Waals surface area contributed by atoms with E-state index in [1.807, 2.05) is 0 Å². The van der Waals surface area contributed by atoms with E-state index in [2.05, 4.69) is 43.1 Å². The van der Waals surface area contributed by atoms with Gasteiger partial charge in [0.05, 0.1) is 5.60 Å². The number of aliphatic hydroxyl groups is 1. The van der Waals surface area contributed by atoms with Crippen LogP contribution < -0.4 is 5.73 Å². The molecule has 118 valence electrons. The summed E-state index contributed by atoms with van der Waals surface area (Å²) in [5, 5.41) is 10.5. The van der Waals surface area contributed by atoms with Crippen LogP contribution in [0.3, 0.4) is 0 Å². The van der Waals surface area contributed by atoms with Crippen molar-refractivity contribution in [3.63, 3.8) is 0 Å². The molecule has 3 N–H and O–H groups in total. The van der Waals surface area contributed by atoms with E-state index in [0.717, 1.165) is 25.8 Å². The van der Waals surface area contributed by atoms with Crippen molar-refractivity contribution >= 4 is 0 Å². The minimum atomic E-state index is -0.596.